The van der Waals surface area contributed by atoms with Crippen LogP contribution in [0.2, 0.25) is 0 Å². The van der Waals surface area contributed by atoms with Gasteiger partial charge in [-0.2, -0.15) is 0 Å². The molecule has 0 aromatic heterocycles. The summed E-state index contributed by atoms with van der Waals surface area (Å²) < 4.78 is 0. The predicted molar refractivity (Wildman–Crippen MR) is 135 cm³/mol. The van der Waals surface area contributed by atoms with Crippen molar-refractivity contribution in [1.29, 1.82) is 0 Å². The summed E-state index contributed by atoms with van der Waals surface area (Å²) in [5, 5.41) is 2.82. The zero-order valence-electron chi connectivity index (χ0n) is 19.4. The second-order valence-corrected chi connectivity index (χ2v) is 9.77. The molecule has 2 aliphatic rings. The summed E-state index contributed by atoms with van der Waals surface area (Å²) in [5.74, 6) is 1.01. The highest BCUT2D eigenvalue weighted by Crippen LogP contribution is 2.31. The van der Waals surface area contributed by atoms with Gasteiger partial charge in [0.15, 0.2) is 0 Å². The van der Waals surface area contributed by atoms with E-state index in [2.05, 4.69) is 46.3 Å². The summed E-state index contributed by atoms with van der Waals surface area (Å²) >= 11 is 1.95. The normalized spacial score (nSPS) is 19.2. The van der Waals surface area contributed by atoms with Crippen LogP contribution in [0.1, 0.15) is 37.8 Å². The van der Waals surface area contributed by atoms with Gasteiger partial charge >= 0.3 is 6.03 Å². The smallest absolute Gasteiger partial charge is 0.325 e. The lowest BCUT2D eigenvalue weighted by Gasteiger charge is -2.37. The van der Waals surface area contributed by atoms with Gasteiger partial charge in [-0.05, 0) is 49.3 Å². The first-order valence-corrected chi connectivity index (χ1v) is 13.0. The predicted octanol–water partition coefficient (Wildman–Crippen LogP) is 4.38. The van der Waals surface area contributed by atoms with Crippen molar-refractivity contribution < 1.29 is 9.59 Å². The number of thioether (sulfide) groups is 1. The van der Waals surface area contributed by atoms with Gasteiger partial charge in [-0.1, -0.05) is 49.4 Å². The van der Waals surface area contributed by atoms with E-state index in [1.165, 1.54) is 21.9 Å². The van der Waals surface area contributed by atoms with Crippen LogP contribution in [-0.2, 0) is 4.79 Å². The van der Waals surface area contributed by atoms with Crippen LogP contribution in [0.5, 0.6) is 0 Å². The number of imide groups is 1. The molecule has 0 aliphatic carbocycles. The maximum Gasteiger partial charge on any atom is 0.325 e. The van der Waals surface area contributed by atoms with Crippen LogP contribution in [-0.4, -0.2) is 66.8 Å². The molecule has 0 bridgehead atoms. The Hall–Kier alpha value is -2.51. The molecule has 4 rings (SSSR count). The third-order valence-corrected chi connectivity index (χ3v) is 7.57. The maximum absolute atomic E-state index is 12.7. The fourth-order valence-corrected chi connectivity index (χ4v) is 5.42. The van der Waals surface area contributed by atoms with Crippen LogP contribution in [0.25, 0.3) is 0 Å². The van der Waals surface area contributed by atoms with E-state index in [9.17, 15) is 9.59 Å². The Balaban J connectivity index is 1.19. The largest absolute Gasteiger partial charge is 0.368 e. The number of nitrogens with one attached hydrogen (secondary N) is 1. The van der Waals surface area contributed by atoms with Crippen molar-refractivity contribution in [3.05, 3.63) is 60.2 Å². The van der Waals surface area contributed by atoms with E-state index < -0.39 is 6.04 Å². The number of nitrogens with zero attached hydrogens (tertiary/aromatic N) is 3. The Morgan fingerprint density at radius 2 is 1.61 bits per heavy atom. The molecule has 2 aromatic rings. The highest BCUT2D eigenvalue weighted by Gasteiger charge is 2.38. The number of rotatable bonds is 10. The average molecular weight is 467 g/mol. The number of benzene rings is 2. The first-order chi connectivity index (χ1) is 16.2. The quantitative estimate of drug-likeness (QED) is 0.320. The molecule has 2 heterocycles. The molecule has 176 valence electrons. The van der Waals surface area contributed by atoms with Crippen LogP contribution in [0.4, 0.5) is 10.5 Å². The molecule has 1 atom stereocenters. The van der Waals surface area contributed by atoms with Gasteiger partial charge in [0, 0.05) is 37.6 Å². The molecule has 2 fully saturated rings. The lowest BCUT2D eigenvalue weighted by atomic mass is 10.1. The molecule has 1 N–H and O–H groups in total. The monoisotopic (exact) mass is 466 g/mol. The SMILES string of the molecule is CCCSc1ccccc1N1CCN(CCCCN2C(=O)N[C@@H](c3ccccc3)C2=O)CC1. The number of hydrogen-bond acceptors (Lipinski definition) is 5. The van der Waals surface area contributed by atoms with Crippen LogP contribution in [0.15, 0.2) is 59.5 Å². The van der Waals surface area contributed by atoms with Gasteiger partial charge in [-0.3, -0.25) is 14.6 Å². The summed E-state index contributed by atoms with van der Waals surface area (Å²) in [6.45, 7) is 7.88. The van der Waals surface area contributed by atoms with E-state index in [4.69, 9.17) is 0 Å². The molecule has 7 heteroatoms. The van der Waals surface area contributed by atoms with E-state index in [0.29, 0.717) is 6.54 Å². The minimum atomic E-state index is -0.551. The fourth-order valence-electron chi connectivity index (χ4n) is 4.47. The van der Waals surface area contributed by atoms with Crippen LogP contribution in [0, 0.1) is 0 Å². The lowest BCUT2D eigenvalue weighted by Crippen LogP contribution is -2.46. The van der Waals surface area contributed by atoms with E-state index >= 15 is 0 Å². The molecule has 2 aliphatic heterocycles. The minimum absolute atomic E-state index is 0.139. The number of hydrogen-bond donors (Lipinski definition) is 1. The van der Waals surface area contributed by atoms with Gasteiger partial charge in [0.25, 0.3) is 5.91 Å². The van der Waals surface area contributed by atoms with Crippen LogP contribution >= 0.6 is 11.8 Å². The molecule has 0 spiro atoms. The topological polar surface area (TPSA) is 55.9 Å². The lowest BCUT2D eigenvalue weighted by molar-refractivity contribution is -0.127. The number of unbranched alkanes of at least 4 members (excludes halogenated alkanes) is 1. The molecule has 2 aromatic carbocycles. The maximum atomic E-state index is 12.7. The standard InChI is InChI=1S/C26H34N4O2S/c1-2-20-33-23-13-7-6-12-22(23)29-18-16-28(17-19-29)14-8-9-15-30-25(31)24(27-26(30)32)21-10-4-3-5-11-21/h3-7,10-13,24H,2,8-9,14-20H2,1H3,(H,27,32)/t24-/m0/s1. The van der Waals surface area contributed by atoms with Crippen molar-refractivity contribution in [3.8, 4) is 0 Å². The van der Waals surface area contributed by atoms with Crippen molar-refractivity contribution in [2.75, 3.05) is 49.9 Å². The van der Waals surface area contributed by atoms with Crippen LogP contribution < -0.4 is 10.2 Å². The van der Waals surface area contributed by atoms with Crippen molar-refractivity contribution in [3.63, 3.8) is 0 Å². The number of piperazine rings is 1. The second kappa shape index (κ2) is 11.6. The molecule has 6 nitrogen and oxygen atoms in total. The van der Waals surface area contributed by atoms with E-state index in [1.807, 2.05) is 42.1 Å². The summed E-state index contributed by atoms with van der Waals surface area (Å²) in [5.41, 5.74) is 2.20. The van der Waals surface area contributed by atoms with E-state index in [1.54, 1.807) is 0 Å². The van der Waals surface area contributed by atoms with Gasteiger partial charge < -0.3 is 10.2 Å². The molecular formula is C26H34N4O2S. The van der Waals surface area contributed by atoms with Crippen molar-refractivity contribution >= 4 is 29.4 Å². The van der Waals surface area contributed by atoms with Gasteiger partial charge in [-0.25, -0.2) is 4.79 Å². The Morgan fingerprint density at radius 3 is 2.36 bits per heavy atom. The number of amides is 3. The highest BCUT2D eigenvalue weighted by molar-refractivity contribution is 7.99. The Labute approximate surface area is 201 Å². The van der Waals surface area contributed by atoms with Crippen molar-refractivity contribution in [2.45, 2.75) is 37.1 Å². The average Bonchev–Trinajstić information content (AvgIpc) is 3.15. The second-order valence-electron chi connectivity index (χ2n) is 8.64. The Bertz CT molecular complexity index is 931. The summed E-state index contributed by atoms with van der Waals surface area (Å²) in [7, 11) is 0. The first-order valence-electron chi connectivity index (χ1n) is 12.0. The van der Waals surface area contributed by atoms with Crippen LogP contribution in [0.3, 0.4) is 0 Å². The third kappa shape index (κ3) is 5.89. The van der Waals surface area contributed by atoms with Gasteiger partial charge in [0.1, 0.15) is 6.04 Å². The van der Waals surface area contributed by atoms with E-state index in [-0.39, 0.29) is 11.9 Å². The molecule has 3 amide bonds. The molecular weight excluding hydrogens is 432 g/mol. The number of anilines is 1. The Kier molecular flexibility index (Phi) is 8.29. The first kappa shape index (κ1) is 23.6. The van der Waals surface area contributed by atoms with Crippen molar-refractivity contribution in [1.82, 2.24) is 15.1 Å². The molecule has 0 radical (unpaired) electrons. The van der Waals surface area contributed by atoms with Gasteiger partial charge in [-0.15, -0.1) is 11.8 Å². The number of para-hydroxylation sites is 1. The number of urea groups is 1. The molecule has 33 heavy (non-hydrogen) atoms. The zero-order chi connectivity index (χ0) is 23.0. The molecule has 2 saturated heterocycles. The Morgan fingerprint density at radius 1 is 0.909 bits per heavy atom. The summed E-state index contributed by atoms with van der Waals surface area (Å²) in [6.07, 6.45) is 3.00. The number of carbonyl (C=O) groups excluding carboxylic acids is 2. The summed E-state index contributed by atoms with van der Waals surface area (Å²) in [6, 6.07) is 17.4. The van der Waals surface area contributed by atoms with Gasteiger partial charge in [0.05, 0.1) is 5.69 Å². The fraction of sp³-hybridized carbons (Fsp3) is 0.462. The molecule has 0 unspecified atom stereocenters. The molecule has 0 saturated carbocycles. The van der Waals surface area contributed by atoms with Crippen molar-refractivity contribution in [2.24, 2.45) is 0 Å². The van der Waals surface area contributed by atoms with Gasteiger partial charge in [0.2, 0.25) is 0 Å². The number of carbonyl (C=O) groups is 2. The zero-order valence-corrected chi connectivity index (χ0v) is 20.2. The summed E-state index contributed by atoms with van der Waals surface area (Å²) in [4.78, 5) is 32.8. The van der Waals surface area contributed by atoms with E-state index in [0.717, 1.165) is 56.9 Å². The minimum Gasteiger partial charge on any atom is -0.368 e. The third-order valence-electron chi connectivity index (χ3n) is 6.30. The highest BCUT2D eigenvalue weighted by atomic mass is 32.2.